The van der Waals surface area contributed by atoms with Crippen LogP contribution in [0.3, 0.4) is 0 Å². The summed E-state index contributed by atoms with van der Waals surface area (Å²) in [6.45, 7) is 5.17. The molecule has 0 N–H and O–H groups in total. The second-order valence-corrected chi connectivity index (χ2v) is 11.8. The van der Waals surface area contributed by atoms with Crippen LogP contribution in [0.4, 0.5) is 0 Å². The number of fused-ring (bicyclic) bond motifs is 1. The van der Waals surface area contributed by atoms with Gasteiger partial charge < -0.3 is 47.4 Å². The van der Waals surface area contributed by atoms with Gasteiger partial charge in [-0.1, -0.05) is 12.1 Å². The highest BCUT2D eigenvalue weighted by atomic mass is 16.7. The van der Waals surface area contributed by atoms with Gasteiger partial charge in [0.05, 0.1) is 17.7 Å². The van der Waals surface area contributed by atoms with E-state index < -0.39 is 122 Å². The second kappa shape index (κ2) is 17.0. The van der Waals surface area contributed by atoms with Crippen LogP contribution < -0.4 is 0 Å². The van der Waals surface area contributed by atoms with Gasteiger partial charge in [0.1, 0.15) is 24.9 Å². The van der Waals surface area contributed by atoms with Crippen LogP contribution in [0.25, 0.3) is 0 Å². The van der Waals surface area contributed by atoms with Crippen LogP contribution >= 0.6 is 0 Å². The van der Waals surface area contributed by atoms with E-state index in [0.29, 0.717) is 0 Å². The van der Waals surface area contributed by atoms with E-state index in [1.54, 1.807) is 0 Å². The number of carbonyl (C=O) groups excluding carboxylic acids is 8. The third kappa shape index (κ3) is 9.08. The van der Waals surface area contributed by atoms with Gasteiger partial charge in [0, 0.05) is 48.7 Å². The number of hydrogen-bond acceptors (Lipinski definition) is 18. The number of amides is 2. The smallest absolute Gasteiger partial charge is 0.303 e. The van der Waals surface area contributed by atoms with Crippen LogP contribution in [0, 0.1) is 0 Å². The monoisotopic (exact) mass is 737 g/mol. The van der Waals surface area contributed by atoms with Crippen molar-refractivity contribution in [3.8, 4) is 0 Å². The molecule has 284 valence electrons. The summed E-state index contributed by atoms with van der Waals surface area (Å²) in [6.07, 6.45) is -13.3. The van der Waals surface area contributed by atoms with Gasteiger partial charge >= 0.3 is 35.8 Å². The minimum Gasteiger partial charge on any atom is -0.463 e. The molecule has 52 heavy (non-hydrogen) atoms. The highest BCUT2D eigenvalue weighted by Crippen LogP contribution is 2.37. The Kier molecular flexibility index (Phi) is 13.0. The first-order chi connectivity index (χ1) is 24.5. The number of hydrogen-bond donors (Lipinski definition) is 0. The molecule has 6 unspecified atom stereocenters. The topological polar surface area (TPSA) is 232 Å². The molecule has 0 aromatic heterocycles. The fraction of sp³-hybridized carbons (Fsp3) is 0.576. The lowest BCUT2D eigenvalue weighted by molar-refractivity contribution is -0.292. The lowest BCUT2D eigenvalue weighted by Crippen LogP contribution is -2.67. The maximum absolute atomic E-state index is 13.8. The highest BCUT2D eigenvalue weighted by molar-refractivity contribution is 6.21. The van der Waals surface area contributed by atoms with Crippen molar-refractivity contribution in [3.63, 3.8) is 0 Å². The molecule has 4 rings (SSSR count). The maximum Gasteiger partial charge on any atom is 0.303 e. The number of nitrogens with zero attached hydrogens (tertiary/aromatic N) is 1. The number of esters is 6. The van der Waals surface area contributed by atoms with Crippen LogP contribution in [-0.4, -0.2) is 134 Å². The van der Waals surface area contributed by atoms with Gasteiger partial charge in [-0.3, -0.25) is 43.3 Å². The Morgan fingerprint density at radius 2 is 1.19 bits per heavy atom. The third-order valence-corrected chi connectivity index (χ3v) is 7.95. The fourth-order valence-corrected chi connectivity index (χ4v) is 6.15. The average Bonchev–Trinajstić information content (AvgIpc) is 3.51. The molecule has 0 saturated carbocycles. The second-order valence-electron chi connectivity index (χ2n) is 11.8. The van der Waals surface area contributed by atoms with Crippen molar-refractivity contribution in [3.05, 3.63) is 35.4 Å². The Hall–Kier alpha value is -4.98. The minimum absolute atomic E-state index is 0.00221. The van der Waals surface area contributed by atoms with Gasteiger partial charge in [-0.15, -0.1) is 0 Å². The van der Waals surface area contributed by atoms with Gasteiger partial charge in [0.15, 0.2) is 43.1 Å². The SMILES string of the molecule is CO[C@@H]1O[C@@H](C(CO[C@@H]2OC(COC(C)=O)[C@@H](OC(C)=O)C(OC(C)=O)C2N2C(=O)c3ccccc3C2=O)OC(C)=O)C(OC(C)=O)C1OC(C)=O. The molecule has 0 bridgehead atoms. The number of imide groups is 1. The van der Waals surface area contributed by atoms with Crippen molar-refractivity contribution in [2.24, 2.45) is 0 Å². The molecule has 3 aliphatic heterocycles. The molecule has 1 aromatic rings. The Balaban J connectivity index is 1.79. The van der Waals surface area contributed by atoms with Crippen molar-refractivity contribution < 1.29 is 85.7 Å². The van der Waals surface area contributed by atoms with Gasteiger partial charge in [0.2, 0.25) is 0 Å². The van der Waals surface area contributed by atoms with Crippen molar-refractivity contribution in [1.82, 2.24) is 4.90 Å². The van der Waals surface area contributed by atoms with E-state index in [2.05, 4.69) is 0 Å². The zero-order valence-corrected chi connectivity index (χ0v) is 29.3. The summed E-state index contributed by atoms with van der Waals surface area (Å²) in [5.41, 5.74) is 0.00442. The van der Waals surface area contributed by atoms with E-state index in [-0.39, 0.29) is 11.1 Å². The summed E-state index contributed by atoms with van der Waals surface area (Å²) in [7, 11) is 1.23. The number of methoxy groups -OCH3 is 1. The summed E-state index contributed by atoms with van der Waals surface area (Å²) in [4.78, 5) is 101. The molecular weight excluding hydrogens is 698 g/mol. The van der Waals surface area contributed by atoms with Crippen molar-refractivity contribution in [2.45, 2.75) is 103 Å². The van der Waals surface area contributed by atoms with Crippen LogP contribution in [-0.2, 0) is 76.1 Å². The molecule has 19 heteroatoms. The molecule has 19 nitrogen and oxygen atoms in total. The van der Waals surface area contributed by atoms with Crippen molar-refractivity contribution in [2.75, 3.05) is 20.3 Å². The van der Waals surface area contributed by atoms with E-state index >= 15 is 0 Å². The van der Waals surface area contributed by atoms with Crippen LogP contribution in [0.15, 0.2) is 24.3 Å². The largest absolute Gasteiger partial charge is 0.463 e. The lowest BCUT2D eigenvalue weighted by Gasteiger charge is -2.47. The molecule has 10 atom stereocenters. The predicted molar refractivity (Wildman–Crippen MR) is 165 cm³/mol. The minimum atomic E-state index is -1.77. The van der Waals surface area contributed by atoms with Gasteiger partial charge in [-0.05, 0) is 12.1 Å². The first-order valence-electron chi connectivity index (χ1n) is 16.0. The fourth-order valence-electron chi connectivity index (χ4n) is 6.15. The molecule has 1 aromatic carbocycles. The van der Waals surface area contributed by atoms with Gasteiger partial charge in [-0.2, -0.15) is 0 Å². The first kappa shape index (κ1) is 39.8. The van der Waals surface area contributed by atoms with E-state index in [1.165, 1.54) is 31.4 Å². The first-order valence-corrected chi connectivity index (χ1v) is 16.0. The van der Waals surface area contributed by atoms with Crippen LogP contribution in [0.5, 0.6) is 0 Å². The molecule has 2 saturated heterocycles. The zero-order chi connectivity index (χ0) is 38.4. The Morgan fingerprint density at radius 3 is 1.69 bits per heavy atom. The molecule has 2 amide bonds. The predicted octanol–water partition coefficient (Wildman–Crippen LogP) is -0.0144. The summed E-state index contributed by atoms with van der Waals surface area (Å²) in [5, 5.41) is 0. The molecule has 2 fully saturated rings. The van der Waals surface area contributed by atoms with Crippen molar-refractivity contribution in [1.29, 1.82) is 0 Å². The summed E-state index contributed by atoms with van der Waals surface area (Å²) in [6, 6.07) is 4.18. The standard InChI is InChI=1S/C33H39NO18/c1-14(35)44-12-23-25(47-16(3)37)27(48-17(4)38)24(34-30(41)20-10-8-9-11-21(20)31(34)42)32(51-23)45-13-22(46-15(2)36)26-28(49-18(5)39)29(50-19(6)40)33(43-7)52-26/h8-11,22-29,32-33H,12-13H2,1-7H3/t22?,23?,24?,25-,26+,27?,28?,29?,32-,33-/m1/s1. The summed E-state index contributed by atoms with van der Waals surface area (Å²) >= 11 is 0. The molecule has 0 spiro atoms. The number of rotatable bonds is 13. The molecule has 3 aliphatic rings. The van der Waals surface area contributed by atoms with Gasteiger partial charge in [-0.25, -0.2) is 0 Å². The lowest BCUT2D eigenvalue weighted by atomic mass is 9.94. The zero-order valence-electron chi connectivity index (χ0n) is 29.3. The van der Waals surface area contributed by atoms with Crippen LogP contribution in [0.2, 0.25) is 0 Å². The van der Waals surface area contributed by atoms with Crippen LogP contribution in [0.1, 0.15) is 62.3 Å². The molecule has 3 heterocycles. The normalized spacial score (nSPS) is 28.7. The van der Waals surface area contributed by atoms with Crippen molar-refractivity contribution >= 4 is 47.6 Å². The van der Waals surface area contributed by atoms with E-state index in [4.69, 9.17) is 47.4 Å². The Bertz CT molecular complexity index is 1540. The molecule has 0 aliphatic carbocycles. The number of benzene rings is 1. The number of carbonyl (C=O) groups is 8. The maximum atomic E-state index is 13.8. The van der Waals surface area contributed by atoms with Gasteiger partial charge in [0.25, 0.3) is 11.8 Å². The average molecular weight is 738 g/mol. The van der Waals surface area contributed by atoms with E-state index in [0.717, 1.165) is 46.4 Å². The third-order valence-electron chi connectivity index (χ3n) is 7.95. The molecule has 0 radical (unpaired) electrons. The van der Waals surface area contributed by atoms with E-state index in [1.807, 2.05) is 0 Å². The Labute approximate surface area is 296 Å². The Morgan fingerprint density at radius 1 is 0.673 bits per heavy atom. The summed E-state index contributed by atoms with van der Waals surface area (Å²) in [5.74, 6) is -6.66. The quantitative estimate of drug-likeness (QED) is 0.147. The number of ether oxygens (including phenoxy) is 10. The molecular formula is C33H39NO18. The summed E-state index contributed by atoms with van der Waals surface area (Å²) < 4.78 is 55.9. The highest BCUT2D eigenvalue weighted by Gasteiger charge is 2.58. The van der Waals surface area contributed by atoms with E-state index in [9.17, 15) is 38.4 Å².